The number of primary sulfonamides is 1. The third-order valence-corrected chi connectivity index (χ3v) is 4.27. The molecular weight excluding hydrogens is 355 g/mol. The van der Waals surface area contributed by atoms with Gasteiger partial charge in [0.1, 0.15) is 15.7 Å². The molecular formula is C12H8Cl2N2O5S. The second-order valence-corrected chi connectivity index (χ2v) is 6.43. The number of rotatable bonds is 4. The molecule has 0 radical (unpaired) electrons. The minimum atomic E-state index is -4.19. The fourth-order valence-electron chi connectivity index (χ4n) is 1.63. The van der Waals surface area contributed by atoms with E-state index in [9.17, 15) is 18.5 Å². The molecule has 2 rings (SSSR count). The molecule has 0 aliphatic rings. The average molecular weight is 363 g/mol. The van der Waals surface area contributed by atoms with Crippen LogP contribution in [0.5, 0.6) is 11.5 Å². The first-order valence-electron chi connectivity index (χ1n) is 5.63. The van der Waals surface area contributed by atoms with Crippen molar-refractivity contribution in [1.29, 1.82) is 0 Å². The van der Waals surface area contributed by atoms with Crippen LogP contribution in [0.2, 0.25) is 10.0 Å². The van der Waals surface area contributed by atoms with Crippen molar-refractivity contribution in [1.82, 2.24) is 0 Å². The second kappa shape index (κ2) is 6.09. The van der Waals surface area contributed by atoms with Crippen LogP contribution in [0, 0.1) is 10.1 Å². The maximum Gasteiger partial charge on any atom is 0.331 e. The molecule has 0 bridgehead atoms. The Bertz CT molecular complexity index is 837. The standard InChI is InChI=1S/C12H8Cl2N2O5S/c13-7-1-3-8(4-2-7)21-9-5-6-10(22(15,19)20)11(14)12(9)16(17)18/h1-6H,(H2,15,19,20). The Balaban J connectivity index is 2.55. The van der Waals surface area contributed by atoms with Gasteiger partial charge in [0.25, 0.3) is 0 Å². The molecule has 0 aromatic heterocycles. The van der Waals surface area contributed by atoms with E-state index in [4.69, 9.17) is 33.1 Å². The lowest BCUT2D eigenvalue weighted by molar-refractivity contribution is -0.385. The van der Waals surface area contributed by atoms with E-state index in [1.54, 1.807) is 0 Å². The fraction of sp³-hybridized carbons (Fsp3) is 0. The number of sulfonamides is 1. The maximum atomic E-state index is 11.4. The van der Waals surface area contributed by atoms with E-state index < -0.39 is 30.6 Å². The van der Waals surface area contributed by atoms with Crippen molar-refractivity contribution in [3.05, 3.63) is 56.6 Å². The highest BCUT2D eigenvalue weighted by Crippen LogP contribution is 2.40. The van der Waals surface area contributed by atoms with Crippen molar-refractivity contribution in [2.75, 3.05) is 0 Å². The summed E-state index contributed by atoms with van der Waals surface area (Å²) in [6.45, 7) is 0. The summed E-state index contributed by atoms with van der Waals surface area (Å²) in [5, 5.41) is 16.0. The minimum Gasteiger partial charge on any atom is -0.450 e. The van der Waals surface area contributed by atoms with Crippen molar-refractivity contribution in [2.24, 2.45) is 5.14 Å². The maximum absolute atomic E-state index is 11.4. The smallest absolute Gasteiger partial charge is 0.331 e. The van der Waals surface area contributed by atoms with Gasteiger partial charge in [-0.2, -0.15) is 0 Å². The number of benzene rings is 2. The zero-order valence-corrected chi connectivity index (χ0v) is 13.0. The summed E-state index contributed by atoms with van der Waals surface area (Å²) >= 11 is 11.5. The molecule has 0 fully saturated rings. The zero-order valence-electron chi connectivity index (χ0n) is 10.7. The van der Waals surface area contributed by atoms with Gasteiger partial charge in [-0.1, -0.05) is 23.2 Å². The third-order valence-electron chi connectivity index (χ3n) is 2.57. The molecule has 0 heterocycles. The summed E-state index contributed by atoms with van der Waals surface area (Å²) in [6, 6.07) is 8.20. The van der Waals surface area contributed by atoms with E-state index >= 15 is 0 Å². The highest BCUT2D eigenvalue weighted by molar-refractivity contribution is 7.89. The van der Waals surface area contributed by atoms with E-state index in [0.29, 0.717) is 5.02 Å². The molecule has 0 aliphatic heterocycles. The number of hydrogen-bond acceptors (Lipinski definition) is 5. The van der Waals surface area contributed by atoms with E-state index in [1.807, 2.05) is 0 Å². The highest BCUT2D eigenvalue weighted by Gasteiger charge is 2.28. The molecule has 2 aromatic carbocycles. The van der Waals surface area contributed by atoms with Gasteiger partial charge in [-0.25, -0.2) is 13.6 Å². The van der Waals surface area contributed by atoms with Crippen molar-refractivity contribution < 1.29 is 18.1 Å². The van der Waals surface area contributed by atoms with Gasteiger partial charge in [-0.3, -0.25) is 10.1 Å². The molecule has 22 heavy (non-hydrogen) atoms. The van der Waals surface area contributed by atoms with Crippen LogP contribution in [0.1, 0.15) is 0 Å². The predicted octanol–water partition coefficient (Wildman–Crippen LogP) is 3.34. The van der Waals surface area contributed by atoms with Crippen molar-refractivity contribution in [3.8, 4) is 11.5 Å². The van der Waals surface area contributed by atoms with Crippen LogP contribution in [0.15, 0.2) is 41.3 Å². The molecule has 0 spiro atoms. The van der Waals surface area contributed by atoms with Gasteiger partial charge in [0, 0.05) is 5.02 Å². The quantitative estimate of drug-likeness (QED) is 0.661. The molecule has 2 N–H and O–H groups in total. The van der Waals surface area contributed by atoms with Gasteiger partial charge in [-0.05, 0) is 36.4 Å². The Morgan fingerprint density at radius 2 is 1.68 bits per heavy atom. The zero-order chi connectivity index (χ0) is 16.5. The first kappa shape index (κ1) is 16.5. The van der Waals surface area contributed by atoms with Gasteiger partial charge in [0.15, 0.2) is 0 Å². The Hall–Kier alpha value is -1.87. The van der Waals surface area contributed by atoms with Crippen LogP contribution < -0.4 is 9.88 Å². The number of halogens is 2. The molecule has 0 aliphatic carbocycles. The highest BCUT2D eigenvalue weighted by atomic mass is 35.5. The topological polar surface area (TPSA) is 113 Å². The van der Waals surface area contributed by atoms with Crippen LogP contribution in [-0.2, 0) is 10.0 Å². The molecule has 0 amide bonds. The van der Waals surface area contributed by atoms with Gasteiger partial charge < -0.3 is 4.74 Å². The largest absolute Gasteiger partial charge is 0.450 e. The normalized spacial score (nSPS) is 11.2. The van der Waals surface area contributed by atoms with Gasteiger partial charge in [0.05, 0.1) is 4.92 Å². The summed E-state index contributed by atoms with van der Waals surface area (Å²) in [5.41, 5.74) is -0.692. The van der Waals surface area contributed by atoms with E-state index in [-0.39, 0.29) is 11.5 Å². The van der Waals surface area contributed by atoms with Gasteiger partial charge in [0.2, 0.25) is 15.8 Å². The summed E-state index contributed by atoms with van der Waals surface area (Å²) in [5.74, 6) is 0.0524. The van der Waals surface area contributed by atoms with E-state index in [2.05, 4.69) is 0 Å². The van der Waals surface area contributed by atoms with E-state index in [0.717, 1.165) is 12.1 Å². The van der Waals surface area contributed by atoms with E-state index in [1.165, 1.54) is 24.3 Å². The average Bonchev–Trinajstić information content (AvgIpc) is 2.39. The molecule has 116 valence electrons. The summed E-state index contributed by atoms with van der Waals surface area (Å²) in [6.07, 6.45) is 0. The molecule has 0 saturated heterocycles. The number of nitro groups is 1. The number of nitrogens with zero attached hydrogens (tertiary/aromatic N) is 1. The lowest BCUT2D eigenvalue weighted by Crippen LogP contribution is -2.13. The number of ether oxygens (including phenoxy) is 1. The monoisotopic (exact) mass is 362 g/mol. The molecule has 2 aromatic rings. The van der Waals surface area contributed by atoms with Crippen LogP contribution in [0.4, 0.5) is 5.69 Å². The predicted molar refractivity (Wildman–Crippen MR) is 81.0 cm³/mol. The molecule has 0 unspecified atom stereocenters. The molecule has 0 saturated carbocycles. The summed E-state index contributed by atoms with van der Waals surface area (Å²) in [7, 11) is -4.19. The molecule has 10 heteroatoms. The Morgan fingerprint density at radius 3 is 2.18 bits per heavy atom. The van der Waals surface area contributed by atoms with Gasteiger partial charge >= 0.3 is 5.69 Å². The fourth-order valence-corrected chi connectivity index (χ4v) is 2.91. The Morgan fingerprint density at radius 1 is 1.09 bits per heavy atom. The Labute approximate surface area is 135 Å². The molecule has 0 atom stereocenters. The number of nitrogens with two attached hydrogens (primary N) is 1. The van der Waals surface area contributed by atoms with Crippen LogP contribution in [-0.4, -0.2) is 13.3 Å². The lowest BCUT2D eigenvalue weighted by atomic mass is 10.3. The van der Waals surface area contributed by atoms with Crippen LogP contribution >= 0.6 is 23.2 Å². The van der Waals surface area contributed by atoms with Gasteiger partial charge in [-0.15, -0.1) is 0 Å². The Kier molecular flexibility index (Phi) is 4.57. The number of nitro benzene ring substituents is 1. The lowest BCUT2D eigenvalue weighted by Gasteiger charge is -2.09. The number of hydrogen-bond donors (Lipinski definition) is 1. The first-order valence-corrected chi connectivity index (χ1v) is 7.93. The SMILES string of the molecule is NS(=O)(=O)c1ccc(Oc2ccc(Cl)cc2)c([N+](=O)[O-])c1Cl. The third kappa shape index (κ3) is 3.47. The summed E-state index contributed by atoms with van der Waals surface area (Å²) < 4.78 is 28.1. The summed E-state index contributed by atoms with van der Waals surface area (Å²) in [4.78, 5) is 9.75. The van der Waals surface area contributed by atoms with Crippen molar-refractivity contribution >= 4 is 38.9 Å². The minimum absolute atomic E-state index is 0.218. The second-order valence-electron chi connectivity index (χ2n) is 4.08. The van der Waals surface area contributed by atoms with Crippen molar-refractivity contribution in [3.63, 3.8) is 0 Å². The first-order chi connectivity index (χ1) is 10.2. The van der Waals surface area contributed by atoms with Crippen LogP contribution in [0.3, 0.4) is 0 Å². The van der Waals surface area contributed by atoms with Crippen molar-refractivity contribution in [2.45, 2.75) is 4.90 Å². The molecule has 7 nitrogen and oxygen atoms in total. The van der Waals surface area contributed by atoms with Crippen LogP contribution in [0.25, 0.3) is 0 Å².